The second kappa shape index (κ2) is 10.6. The molecule has 0 bridgehead atoms. The summed E-state index contributed by atoms with van der Waals surface area (Å²) in [5.74, 6) is -5.18. The van der Waals surface area contributed by atoms with Crippen molar-refractivity contribution in [2.45, 2.75) is 0 Å². The van der Waals surface area contributed by atoms with Gasteiger partial charge in [0.25, 0.3) is 0 Å². The molecule has 0 aliphatic rings. The number of hydrogen-bond acceptors (Lipinski definition) is 10. The van der Waals surface area contributed by atoms with E-state index < -0.39 is 45.8 Å². The smallest absolute Gasteiger partial charge is 0.237 e. The first-order valence-electron chi connectivity index (χ1n) is 10.3. The number of ether oxygens (including phenoxy) is 4. The highest BCUT2D eigenvalue weighted by molar-refractivity contribution is 6.52. The van der Waals surface area contributed by atoms with Crippen LogP contribution in [-0.2, 0) is 0 Å². The van der Waals surface area contributed by atoms with Crippen molar-refractivity contribution in [3.63, 3.8) is 0 Å². The molecule has 0 fully saturated rings. The third-order valence-electron chi connectivity index (χ3n) is 5.32. The van der Waals surface area contributed by atoms with Crippen molar-refractivity contribution in [2.75, 3.05) is 28.4 Å². The zero-order chi connectivity index (χ0) is 26.6. The van der Waals surface area contributed by atoms with Crippen LogP contribution in [0.25, 0.3) is 0 Å². The highest BCUT2D eigenvalue weighted by atomic mass is 16.5. The number of carbonyl (C=O) groups excluding carboxylic acids is 4. The predicted octanol–water partition coefficient (Wildman–Crippen LogP) is 3.26. The summed E-state index contributed by atoms with van der Waals surface area (Å²) in [5, 5.41) is 20.5. The van der Waals surface area contributed by atoms with Crippen molar-refractivity contribution >= 4 is 23.1 Å². The van der Waals surface area contributed by atoms with Crippen LogP contribution in [0, 0.1) is 0 Å². The molecule has 0 saturated carbocycles. The van der Waals surface area contributed by atoms with E-state index in [9.17, 15) is 29.4 Å². The van der Waals surface area contributed by atoms with Crippen molar-refractivity contribution in [1.82, 2.24) is 0 Å². The fourth-order valence-corrected chi connectivity index (χ4v) is 3.40. The molecule has 0 spiro atoms. The standard InChI is InChI=1S/C26H22O10/c1-33-13-5-7-15(21(9-13)35-3)23(29)25(31)17-11-18(20(28)12-19(17)27)26(32)24(30)16-8-6-14(34-2)10-22(16)36-4/h5-12,27-28H,1-4H3. The molecular weight excluding hydrogens is 472 g/mol. The zero-order valence-corrected chi connectivity index (χ0v) is 19.8. The third-order valence-corrected chi connectivity index (χ3v) is 5.32. The van der Waals surface area contributed by atoms with Crippen molar-refractivity contribution in [3.05, 3.63) is 70.8 Å². The lowest BCUT2D eigenvalue weighted by molar-refractivity contribution is 0.0808. The summed E-state index contributed by atoms with van der Waals surface area (Å²) in [6.45, 7) is 0. The summed E-state index contributed by atoms with van der Waals surface area (Å²) >= 11 is 0. The maximum atomic E-state index is 13.0. The van der Waals surface area contributed by atoms with Crippen LogP contribution >= 0.6 is 0 Å². The van der Waals surface area contributed by atoms with Crippen LogP contribution in [0.15, 0.2) is 48.5 Å². The molecule has 10 nitrogen and oxygen atoms in total. The number of carbonyl (C=O) groups is 4. The van der Waals surface area contributed by atoms with Gasteiger partial charge in [-0.25, -0.2) is 0 Å². The normalized spacial score (nSPS) is 10.3. The molecular formula is C26H22O10. The van der Waals surface area contributed by atoms with E-state index in [0.29, 0.717) is 17.6 Å². The number of aromatic hydroxyl groups is 2. The number of phenols is 2. The summed E-state index contributed by atoms with van der Waals surface area (Å²) in [5.41, 5.74) is -1.42. The minimum absolute atomic E-state index is 0.0454. The molecule has 0 aromatic heterocycles. The first-order valence-corrected chi connectivity index (χ1v) is 10.3. The third kappa shape index (κ3) is 4.83. The van der Waals surface area contributed by atoms with E-state index in [1.165, 1.54) is 64.8 Å². The molecule has 0 aliphatic carbocycles. The minimum atomic E-state index is -1.19. The van der Waals surface area contributed by atoms with Gasteiger partial charge in [-0.2, -0.15) is 0 Å². The van der Waals surface area contributed by atoms with Gasteiger partial charge in [-0.3, -0.25) is 19.2 Å². The maximum absolute atomic E-state index is 13.0. The Labute approximate surface area is 205 Å². The van der Waals surface area contributed by atoms with Crippen LogP contribution in [0.5, 0.6) is 34.5 Å². The second-order valence-corrected chi connectivity index (χ2v) is 7.34. The number of benzene rings is 3. The molecule has 10 heteroatoms. The Balaban J connectivity index is 2.01. The SMILES string of the molecule is COc1ccc(C(=O)C(=O)c2cc(C(=O)C(=O)c3ccc(OC)cc3OC)c(O)cc2O)c(OC)c1. The first-order chi connectivity index (χ1) is 17.2. The number of ketones is 4. The predicted molar refractivity (Wildman–Crippen MR) is 126 cm³/mol. The molecule has 186 valence electrons. The molecule has 3 aromatic rings. The van der Waals surface area contributed by atoms with Crippen LogP contribution in [0.3, 0.4) is 0 Å². The Kier molecular flexibility index (Phi) is 7.58. The summed E-state index contributed by atoms with van der Waals surface area (Å²) in [6, 6.07) is 9.78. The molecule has 0 saturated heterocycles. The van der Waals surface area contributed by atoms with Crippen molar-refractivity contribution in [1.29, 1.82) is 0 Å². The molecule has 0 heterocycles. The van der Waals surface area contributed by atoms with Crippen LogP contribution < -0.4 is 18.9 Å². The first kappa shape index (κ1) is 25.8. The minimum Gasteiger partial charge on any atom is -0.507 e. The highest BCUT2D eigenvalue weighted by Gasteiger charge is 2.30. The van der Waals surface area contributed by atoms with Gasteiger partial charge >= 0.3 is 0 Å². The Bertz CT molecular complexity index is 1270. The van der Waals surface area contributed by atoms with Gasteiger partial charge < -0.3 is 29.2 Å². The molecule has 0 radical (unpaired) electrons. The van der Waals surface area contributed by atoms with Crippen molar-refractivity contribution < 1.29 is 48.3 Å². The molecule has 36 heavy (non-hydrogen) atoms. The van der Waals surface area contributed by atoms with Crippen LogP contribution in [0.2, 0.25) is 0 Å². The number of rotatable bonds is 10. The Morgan fingerprint density at radius 3 is 1.19 bits per heavy atom. The van der Waals surface area contributed by atoms with Crippen LogP contribution in [0.1, 0.15) is 41.4 Å². The molecule has 3 rings (SSSR count). The fourth-order valence-electron chi connectivity index (χ4n) is 3.40. The average Bonchev–Trinajstić information content (AvgIpc) is 2.90. The van der Waals surface area contributed by atoms with Crippen molar-refractivity contribution in [3.8, 4) is 34.5 Å². The van der Waals surface area contributed by atoms with Crippen molar-refractivity contribution in [2.24, 2.45) is 0 Å². The maximum Gasteiger partial charge on any atom is 0.237 e. The van der Waals surface area contributed by atoms with Gasteiger partial charge in [-0.1, -0.05) is 0 Å². The number of Topliss-reactive ketones (excluding diaryl/α,β-unsaturated/α-hetero) is 4. The quantitative estimate of drug-likeness (QED) is 0.318. The Hall–Kier alpha value is -4.86. The van der Waals surface area contributed by atoms with E-state index in [0.717, 1.165) is 6.07 Å². The topological polar surface area (TPSA) is 146 Å². The molecule has 3 aromatic carbocycles. The van der Waals surface area contributed by atoms with Gasteiger partial charge in [-0.15, -0.1) is 0 Å². The molecule has 0 unspecified atom stereocenters. The number of hydrogen-bond donors (Lipinski definition) is 2. The van der Waals surface area contributed by atoms with Crippen LogP contribution in [-0.4, -0.2) is 61.8 Å². The Morgan fingerprint density at radius 2 is 0.861 bits per heavy atom. The number of methoxy groups -OCH3 is 4. The summed E-state index contributed by atoms with van der Waals surface area (Å²) in [7, 11) is 5.42. The average molecular weight is 494 g/mol. The molecule has 0 amide bonds. The van der Waals surface area contributed by atoms with Gasteiger partial charge in [0.2, 0.25) is 23.1 Å². The van der Waals surface area contributed by atoms with Gasteiger partial charge in [0.15, 0.2) is 0 Å². The van der Waals surface area contributed by atoms with Gasteiger partial charge in [-0.05, 0) is 30.3 Å². The largest absolute Gasteiger partial charge is 0.507 e. The van der Waals surface area contributed by atoms with E-state index in [1.54, 1.807) is 0 Å². The molecule has 0 aliphatic heterocycles. The zero-order valence-electron chi connectivity index (χ0n) is 19.8. The lowest BCUT2D eigenvalue weighted by Crippen LogP contribution is -2.19. The van der Waals surface area contributed by atoms with E-state index in [2.05, 4.69) is 0 Å². The summed E-state index contributed by atoms with van der Waals surface area (Å²) < 4.78 is 20.4. The van der Waals surface area contributed by atoms with E-state index in [-0.39, 0.29) is 22.6 Å². The molecule has 0 atom stereocenters. The summed E-state index contributed by atoms with van der Waals surface area (Å²) in [4.78, 5) is 51.8. The second-order valence-electron chi connectivity index (χ2n) is 7.34. The highest BCUT2D eigenvalue weighted by Crippen LogP contribution is 2.33. The van der Waals surface area contributed by atoms with E-state index in [1.807, 2.05) is 0 Å². The lowest BCUT2D eigenvalue weighted by atomic mass is 9.94. The Morgan fingerprint density at radius 1 is 0.500 bits per heavy atom. The summed E-state index contributed by atoms with van der Waals surface area (Å²) in [6.07, 6.45) is 0. The fraction of sp³-hybridized carbons (Fsp3) is 0.154. The monoisotopic (exact) mass is 494 g/mol. The van der Waals surface area contributed by atoms with Crippen LogP contribution in [0.4, 0.5) is 0 Å². The molecule has 2 N–H and O–H groups in total. The lowest BCUT2D eigenvalue weighted by Gasteiger charge is -2.12. The van der Waals surface area contributed by atoms with Gasteiger partial charge in [0, 0.05) is 18.2 Å². The van der Waals surface area contributed by atoms with E-state index >= 15 is 0 Å². The van der Waals surface area contributed by atoms with E-state index in [4.69, 9.17) is 18.9 Å². The van der Waals surface area contributed by atoms with Gasteiger partial charge in [0.05, 0.1) is 50.7 Å². The number of phenolic OH excluding ortho intramolecular Hbond substituents is 2. The van der Waals surface area contributed by atoms with Gasteiger partial charge in [0.1, 0.15) is 34.5 Å².